The number of halogens is 3. The van der Waals surface area contributed by atoms with Gasteiger partial charge in [0.15, 0.2) is 0 Å². The molecule has 0 atom stereocenters. The Hall–Kier alpha value is -2.31. The molecule has 1 aliphatic heterocycles. The predicted molar refractivity (Wildman–Crippen MR) is 78.0 cm³/mol. The Morgan fingerprint density at radius 1 is 1.22 bits per heavy atom. The molecule has 0 spiro atoms. The fraction of sp³-hybridized carbons (Fsp3) is 0.375. The molecule has 122 valence electrons. The molecule has 2 heterocycles. The number of carbonyl (C=O) groups excluding carboxylic acids is 1. The first kappa shape index (κ1) is 15.6. The molecule has 0 saturated carbocycles. The van der Waals surface area contributed by atoms with E-state index in [0.29, 0.717) is 19.0 Å². The lowest BCUT2D eigenvalue weighted by Crippen LogP contribution is -2.56. The maximum atomic E-state index is 12.1. The Labute approximate surface area is 130 Å². The lowest BCUT2D eigenvalue weighted by Gasteiger charge is -2.38. The second kappa shape index (κ2) is 6.06. The molecule has 0 aliphatic carbocycles. The van der Waals surface area contributed by atoms with Gasteiger partial charge in [-0.2, -0.15) is 13.2 Å². The van der Waals surface area contributed by atoms with Gasteiger partial charge in [0.25, 0.3) is 0 Å². The fourth-order valence-corrected chi connectivity index (χ4v) is 2.41. The first-order valence-electron chi connectivity index (χ1n) is 7.28. The zero-order valence-corrected chi connectivity index (χ0v) is 12.2. The number of pyridine rings is 1. The number of likely N-dealkylation sites (tertiary alicyclic amines) is 1. The van der Waals surface area contributed by atoms with Gasteiger partial charge in [-0.05, 0) is 12.1 Å². The van der Waals surface area contributed by atoms with Crippen LogP contribution in [0.4, 0.5) is 13.2 Å². The van der Waals surface area contributed by atoms with Crippen molar-refractivity contribution in [3.63, 3.8) is 0 Å². The van der Waals surface area contributed by atoms with Gasteiger partial charge < -0.3 is 9.64 Å². The molecular formula is C16H15F3N2O2. The van der Waals surface area contributed by atoms with Crippen molar-refractivity contribution in [3.05, 3.63) is 36.4 Å². The van der Waals surface area contributed by atoms with Crippen molar-refractivity contribution in [2.75, 3.05) is 13.1 Å². The highest BCUT2D eigenvalue weighted by Gasteiger charge is 2.35. The van der Waals surface area contributed by atoms with E-state index in [0.717, 1.165) is 10.9 Å². The first-order valence-corrected chi connectivity index (χ1v) is 7.28. The minimum absolute atomic E-state index is 0.224. The number of hydrogen-bond donors (Lipinski definition) is 0. The summed E-state index contributed by atoms with van der Waals surface area (Å²) in [5.74, 6) is -0.0373. The number of hydrogen-bond acceptors (Lipinski definition) is 3. The van der Waals surface area contributed by atoms with Crippen molar-refractivity contribution >= 4 is 16.8 Å². The van der Waals surface area contributed by atoms with Gasteiger partial charge in [0.2, 0.25) is 11.8 Å². The zero-order valence-electron chi connectivity index (χ0n) is 12.2. The van der Waals surface area contributed by atoms with Crippen LogP contribution < -0.4 is 4.74 Å². The highest BCUT2D eigenvalue weighted by atomic mass is 19.4. The standard InChI is InChI=1S/C16H15F3N2O2/c17-16(18,19)8-7-15(22)21-9-12(10-21)23-14-6-5-11-3-1-2-4-13(11)20-14/h1-6,12H,7-10H2. The van der Waals surface area contributed by atoms with Crippen molar-refractivity contribution < 1.29 is 22.7 Å². The van der Waals surface area contributed by atoms with Gasteiger partial charge in [-0.25, -0.2) is 4.98 Å². The summed E-state index contributed by atoms with van der Waals surface area (Å²) in [6.45, 7) is 0.594. The van der Waals surface area contributed by atoms with Crippen LogP contribution >= 0.6 is 0 Å². The number of rotatable bonds is 4. The van der Waals surface area contributed by atoms with E-state index in [9.17, 15) is 18.0 Å². The van der Waals surface area contributed by atoms with Crippen LogP contribution in [0.1, 0.15) is 12.8 Å². The van der Waals surface area contributed by atoms with Crippen molar-refractivity contribution in [2.24, 2.45) is 0 Å². The molecule has 2 aromatic rings. The smallest absolute Gasteiger partial charge is 0.389 e. The number of amides is 1. The number of aromatic nitrogens is 1. The number of ether oxygens (including phenoxy) is 1. The maximum absolute atomic E-state index is 12.1. The van der Waals surface area contributed by atoms with Crippen LogP contribution in [0.2, 0.25) is 0 Å². The van der Waals surface area contributed by atoms with Gasteiger partial charge in [-0.3, -0.25) is 4.79 Å². The quantitative estimate of drug-likeness (QED) is 0.867. The van der Waals surface area contributed by atoms with Crippen LogP contribution in [0.3, 0.4) is 0 Å². The third-order valence-electron chi connectivity index (χ3n) is 3.68. The third-order valence-corrected chi connectivity index (χ3v) is 3.68. The van der Waals surface area contributed by atoms with Crippen LogP contribution in [0.5, 0.6) is 5.88 Å². The normalized spacial score (nSPS) is 15.5. The lowest BCUT2D eigenvalue weighted by atomic mass is 10.1. The molecule has 1 amide bonds. The number of benzene rings is 1. The summed E-state index contributed by atoms with van der Waals surface area (Å²) < 4.78 is 41.9. The van der Waals surface area contributed by atoms with Crippen LogP contribution in [-0.2, 0) is 4.79 Å². The minimum Gasteiger partial charge on any atom is -0.471 e. The maximum Gasteiger partial charge on any atom is 0.389 e. The first-order chi connectivity index (χ1) is 10.9. The number of nitrogens with zero attached hydrogens (tertiary/aromatic N) is 2. The van der Waals surface area contributed by atoms with Crippen molar-refractivity contribution in [3.8, 4) is 5.88 Å². The van der Waals surface area contributed by atoms with Crippen LogP contribution in [0.15, 0.2) is 36.4 Å². The van der Waals surface area contributed by atoms with Crippen molar-refractivity contribution in [1.82, 2.24) is 9.88 Å². The molecule has 0 unspecified atom stereocenters. The molecule has 0 bridgehead atoms. The molecule has 0 N–H and O–H groups in total. The second-order valence-corrected chi connectivity index (χ2v) is 5.50. The molecule has 1 saturated heterocycles. The monoisotopic (exact) mass is 324 g/mol. The van der Waals surface area contributed by atoms with E-state index in [-0.39, 0.29) is 6.10 Å². The Balaban J connectivity index is 1.50. The molecule has 1 aromatic heterocycles. The van der Waals surface area contributed by atoms with E-state index >= 15 is 0 Å². The van der Waals surface area contributed by atoms with Gasteiger partial charge in [-0.1, -0.05) is 18.2 Å². The van der Waals surface area contributed by atoms with Gasteiger partial charge >= 0.3 is 6.18 Å². The molecule has 0 radical (unpaired) electrons. The van der Waals surface area contributed by atoms with Gasteiger partial charge in [0.1, 0.15) is 6.10 Å². The third kappa shape index (κ3) is 3.91. The summed E-state index contributed by atoms with van der Waals surface area (Å²) in [6, 6.07) is 11.2. The topological polar surface area (TPSA) is 42.4 Å². The SMILES string of the molecule is O=C(CCC(F)(F)F)N1CC(Oc2ccc3ccccc3n2)C1. The Morgan fingerprint density at radius 3 is 2.70 bits per heavy atom. The fourth-order valence-electron chi connectivity index (χ4n) is 2.41. The molecular weight excluding hydrogens is 309 g/mol. The highest BCUT2D eigenvalue weighted by Crippen LogP contribution is 2.24. The van der Waals surface area contributed by atoms with E-state index in [1.54, 1.807) is 6.07 Å². The van der Waals surface area contributed by atoms with Crippen molar-refractivity contribution in [1.29, 1.82) is 0 Å². The molecule has 1 aliphatic rings. The summed E-state index contributed by atoms with van der Waals surface area (Å²) in [5, 5.41) is 0.998. The highest BCUT2D eigenvalue weighted by molar-refractivity contribution is 5.79. The summed E-state index contributed by atoms with van der Waals surface area (Å²) >= 11 is 0. The molecule has 1 aromatic carbocycles. The molecule has 23 heavy (non-hydrogen) atoms. The van der Waals surface area contributed by atoms with E-state index in [1.165, 1.54) is 4.90 Å². The molecule has 4 nitrogen and oxygen atoms in total. The Kier molecular flexibility index (Phi) is 4.11. The van der Waals surface area contributed by atoms with Crippen molar-refractivity contribution in [2.45, 2.75) is 25.1 Å². The largest absolute Gasteiger partial charge is 0.471 e. The van der Waals surface area contributed by atoms with Crippen LogP contribution in [0, 0.1) is 0 Å². The number of carbonyl (C=O) groups is 1. The molecule has 7 heteroatoms. The predicted octanol–water partition coefficient (Wildman–Crippen LogP) is 3.17. The Bertz CT molecular complexity index is 712. The number of fused-ring (bicyclic) bond motifs is 1. The minimum atomic E-state index is -4.30. The summed E-state index contributed by atoms with van der Waals surface area (Å²) in [4.78, 5) is 17.3. The average Bonchev–Trinajstić information content (AvgIpc) is 2.47. The summed E-state index contributed by atoms with van der Waals surface area (Å²) in [5.41, 5.74) is 0.808. The summed E-state index contributed by atoms with van der Waals surface area (Å²) in [6.07, 6.45) is -6.12. The Morgan fingerprint density at radius 2 is 1.96 bits per heavy atom. The van der Waals surface area contributed by atoms with E-state index < -0.39 is 24.9 Å². The second-order valence-electron chi connectivity index (χ2n) is 5.50. The van der Waals surface area contributed by atoms with E-state index in [4.69, 9.17) is 4.74 Å². The van der Waals surface area contributed by atoms with E-state index in [2.05, 4.69) is 4.98 Å². The zero-order chi connectivity index (χ0) is 16.4. The average molecular weight is 324 g/mol. The van der Waals surface area contributed by atoms with Gasteiger partial charge in [0, 0.05) is 17.9 Å². The number of para-hydroxylation sites is 1. The number of alkyl halides is 3. The van der Waals surface area contributed by atoms with Crippen LogP contribution in [0.25, 0.3) is 10.9 Å². The van der Waals surface area contributed by atoms with Gasteiger partial charge in [-0.15, -0.1) is 0 Å². The lowest BCUT2D eigenvalue weighted by molar-refractivity contribution is -0.154. The molecule has 3 rings (SSSR count). The van der Waals surface area contributed by atoms with Crippen LogP contribution in [-0.4, -0.2) is 41.2 Å². The van der Waals surface area contributed by atoms with E-state index in [1.807, 2.05) is 30.3 Å². The summed E-state index contributed by atoms with van der Waals surface area (Å²) in [7, 11) is 0. The van der Waals surface area contributed by atoms with Gasteiger partial charge in [0.05, 0.1) is 25.0 Å². The molecule has 1 fully saturated rings.